The zero-order chi connectivity index (χ0) is 23.9. The van der Waals surface area contributed by atoms with Gasteiger partial charge in [0.15, 0.2) is 5.58 Å². The van der Waals surface area contributed by atoms with Crippen LogP contribution in [-0.2, 0) is 0 Å². The topological polar surface area (TPSA) is 25.2 Å². The van der Waals surface area contributed by atoms with Gasteiger partial charge in [0.25, 0.3) is 0 Å². The van der Waals surface area contributed by atoms with Gasteiger partial charge in [0, 0.05) is 16.5 Å². The van der Waals surface area contributed by atoms with Crippen LogP contribution >= 0.6 is 0 Å². The van der Waals surface area contributed by atoms with Crippen molar-refractivity contribution in [3.63, 3.8) is 0 Å². The van der Waals surface area contributed by atoms with E-state index in [1.165, 1.54) is 33.0 Å². The molecule has 6 aromatic carbocycles. The minimum absolute atomic E-state index is 0.869. The van der Waals surface area contributed by atoms with Crippen LogP contribution in [0.1, 0.15) is 0 Å². The second-order valence-electron chi connectivity index (χ2n) is 9.09. The summed E-state index contributed by atoms with van der Waals surface area (Å²) in [6, 6.07) is 46.7. The predicted molar refractivity (Wildman–Crippen MR) is 152 cm³/mol. The van der Waals surface area contributed by atoms with Gasteiger partial charge in [0.2, 0.25) is 0 Å². The number of hydrogen-bond donors (Lipinski definition) is 1. The molecule has 0 unspecified atom stereocenters. The molecule has 0 spiro atoms. The molecule has 2 heteroatoms. The molecule has 1 N–H and O–H groups in total. The van der Waals surface area contributed by atoms with Crippen molar-refractivity contribution < 1.29 is 4.42 Å². The number of rotatable bonds is 4. The quantitative estimate of drug-likeness (QED) is 0.282. The molecule has 36 heavy (non-hydrogen) atoms. The highest BCUT2D eigenvalue weighted by atomic mass is 16.3. The molecule has 0 amide bonds. The Hall–Kier alpha value is -4.82. The number of hydrogen-bond acceptors (Lipinski definition) is 2. The van der Waals surface area contributed by atoms with Gasteiger partial charge < -0.3 is 9.73 Å². The Morgan fingerprint density at radius 2 is 1.22 bits per heavy atom. The minimum Gasteiger partial charge on any atom is -0.454 e. The van der Waals surface area contributed by atoms with E-state index in [0.717, 1.165) is 33.3 Å². The van der Waals surface area contributed by atoms with Crippen LogP contribution in [0.3, 0.4) is 0 Å². The van der Waals surface area contributed by atoms with Crippen molar-refractivity contribution in [2.24, 2.45) is 0 Å². The van der Waals surface area contributed by atoms with E-state index < -0.39 is 0 Å². The molecule has 1 heterocycles. The van der Waals surface area contributed by atoms with E-state index in [9.17, 15) is 0 Å². The Kier molecular flexibility index (Phi) is 4.82. The molecule has 0 radical (unpaired) electrons. The van der Waals surface area contributed by atoms with Crippen molar-refractivity contribution in [3.05, 3.63) is 133 Å². The highest BCUT2D eigenvalue weighted by Crippen LogP contribution is 2.37. The molecule has 1 aromatic heterocycles. The van der Waals surface area contributed by atoms with Crippen LogP contribution in [0.25, 0.3) is 55.0 Å². The normalized spacial score (nSPS) is 11.3. The number of para-hydroxylation sites is 1. The average molecular weight is 462 g/mol. The van der Waals surface area contributed by atoms with Crippen molar-refractivity contribution >= 4 is 44.1 Å². The third-order valence-corrected chi connectivity index (χ3v) is 6.85. The summed E-state index contributed by atoms with van der Waals surface area (Å²) < 4.78 is 6.36. The van der Waals surface area contributed by atoms with Gasteiger partial charge >= 0.3 is 0 Å². The Labute approximate surface area is 209 Å². The van der Waals surface area contributed by atoms with E-state index >= 15 is 0 Å². The van der Waals surface area contributed by atoms with Crippen molar-refractivity contribution in [1.82, 2.24) is 0 Å². The lowest BCUT2D eigenvalue weighted by molar-refractivity contribution is 0.670. The lowest BCUT2D eigenvalue weighted by atomic mass is 9.98. The first-order valence-corrected chi connectivity index (χ1v) is 12.2. The van der Waals surface area contributed by atoms with Gasteiger partial charge in [-0.05, 0) is 63.4 Å². The van der Waals surface area contributed by atoms with Crippen molar-refractivity contribution in [2.45, 2.75) is 0 Å². The summed E-state index contributed by atoms with van der Waals surface area (Å²) in [6.45, 7) is 0. The van der Waals surface area contributed by atoms with E-state index in [1.54, 1.807) is 0 Å². The van der Waals surface area contributed by atoms with Crippen LogP contribution in [0, 0.1) is 0 Å². The van der Waals surface area contributed by atoms with E-state index in [4.69, 9.17) is 4.42 Å². The van der Waals surface area contributed by atoms with Gasteiger partial charge in [-0.15, -0.1) is 0 Å². The third-order valence-electron chi connectivity index (χ3n) is 6.85. The summed E-state index contributed by atoms with van der Waals surface area (Å²) in [7, 11) is 0. The second kappa shape index (κ2) is 8.44. The summed E-state index contributed by atoms with van der Waals surface area (Å²) in [6.07, 6.45) is 0. The van der Waals surface area contributed by atoms with Crippen LogP contribution in [-0.4, -0.2) is 0 Å². The minimum atomic E-state index is 0.869. The molecule has 0 saturated heterocycles. The first kappa shape index (κ1) is 20.5. The second-order valence-corrected chi connectivity index (χ2v) is 9.09. The van der Waals surface area contributed by atoms with Gasteiger partial charge in [0.05, 0.1) is 5.69 Å². The summed E-state index contributed by atoms with van der Waals surface area (Å²) in [5.41, 5.74) is 8.54. The molecule has 0 aliphatic rings. The zero-order valence-electron chi connectivity index (χ0n) is 19.6. The molecule has 7 rings (SSSR count). The number of nitrogens with one attached hydrogen (secondary N) is 1. The average Bonchev–Trinajstić information content (AvgIpc) is 3.32. The lowest BCUT2D eigenvalue weighted by Crippen LogP contribution is -1.91. The van der Waals surface area contributed by atoms with Gasteiger partial charge in [-0.3, -0.25) is 0 Å². The van der Waals surface area contributed by atoms with E-state index in [1.807, 2.05) is 6.07 Å². The van der Waals surface area contributed by atoms with Crippen LogP contribution in [0.15, 0.2) is 138 Å². The standard InChI is InChI=1S/C34H23NO/c1-2-9-23(10-3-1)25-19-20-33-31(22-25)30-17-8-18-32(34(30)36-33)35-27-14-6-13-26(21-27)29-16-7-12-24-11-4-5-15-28(24)29/h1-22,35H. The van der Waals surface area contributed by atoms with Gasteiger partial charge in [0.1, 0.15) is 5.58 Å². The maximum absolute atomic E-state index is 6.36. The fraction of sp³-hybridized carbons (Fsp3) is 0. The molecule has 2 nitrogen and oxygen atoms in total. The summed E-state index contributed by atoms with van der Waals surface area (Å²) in [5.74, 6) is 0. The van der Waals surface area contributed by atoms with Crippen LogP contribution in [0.5, 0.6) is 0 Å². The van der Waals surface area contributed by atoms with Gasteiger partial charge in [-0.2, -0.15) is 0 Å². The number of benzene rings is 6. The number of anilines is 2. The van der Waals surface area contributed by atoms with Gasteiger partial charge in [-0.1, -0.05) is 103 Å². The summed E-state index contributed by atoms with van der Waals surface area (Å²) in [5, 5.41) is 8.35. The molecule has 170 valence electrons. The molecule has 0 atom stereocenters. The molecule has 0 fully saturated rings. The first-order valence-electron chi connectivity index (χ1n) is 12.2. The highest BCUT2D eigenvalue weighted by Gasteiger charge is 2.13. The van der Waals surface area contributed by atoms with Gasteiger partial charge in [-0.25, -0.2) is 0 Å². The van der Waals surface area contributed by atoms with E-state index in [0.29, 0.717) is 0 Å². The molecule has 0 bridgehead atoms. The largest absolute Gasteiger partial charge is 0.454 e. The lowest BCUT2D eigenvalue weighted by Gasteiger charge is -2.11. The summed E-state index contributed by atoms with van der Waals surface area (Å²) >= 11 is 0. The smallest absolute Gasteiger partial charge is 0.158 e. The molecule has 0 saturated carbocycles. The molecule has 0 aliphatic heterocycles. The first-order chi connectivity index (χ1) is 17.8. The Balaban J connectivity index is 1.29. The Morgan fingerprint density at radius 1 is 0.472 bits per heavy atom. The fourth-order valence-corrected chi connectivity index (χ4v) is 5.10. The SMILES string of the molecule is c1ccc(-c2ccc3oc4c(Nc5cccc(-c6cccc7ccccc67)c5)cccc4c3c2)cc1. The summed E-state index contributed by atoms with van der Waals surface area (Å²) in [4.78, 5) is 0. The monoisotopic (exact) mass is 461 g/mol. The van der Waals surface area contributed by atoms with E-state index in [2.05, 4.69) is 133 Å². The number of fused-ring (bicyclic) bond motifs is 4. The number of furan rings is 1. The molecular formula is C34H23NO. The highest BCUT2D eigenvalue weighted by molar-refractivity contribution is 6.10. The third kappa shape index (κ3) is 3.52. The van der Waals surface area contributed by atoms with Crippen molar-refractivity contribution in [1.29, 1.82) is 0 Å². The Bertz CT molecular complexity index is 1860. The van der Waals surface area contributed by atoms with Crippen LogP contribution < -0.4 is 5.32 Å². The molecule has 0 aliphatic carbocycles. The van der Waals surface area contributed by atoms with Crippen molar-refractivity contribution in [3.8, 4) is 22.3 Å². The Morgan fingerprint density at radius 3 is 2.17 bits per heavy atom. The molecular weight excluding hydrogens is 438 g/mol. The zero-order valence-corrected chi connectivity index (χ0v) is 19.6. The van der Waals surface area contributed by atoms with Crippen molar-refractivity contribution in [2.75, 3.05) is 5.32 Å². The van der Waals surface area contributed by atoms with Crippen LogP contribution in [0.2, 0.25) is 0 Å². The maximum atomic E-state index is 6.36. The fourth-order valence-electron chi connectivity index (χ4n) is 5.10. The van der Waals surface area contributed by atoms with E-state index in [-0.39, 0.29) is 0 Å². The maximum Gasteiger partial charge on any atom is 0.158 e. The molecule has 7 aromatic rings. The van der Waals surface area contributed by atoms with Crippen LogP contribution in [0.4, 0.5) is 11.4 Å². The predicted octanol–water partition coefficient (Wildman–Crippen LogP) is 9.82.